The average Bonchev–Trinajstić information content (AvgIpc) is 2.88. The smallest absolute Gasteiger partial charge is 0.287 e. The minimum atomic E-state index is -0.120. The van der Waals surface area contributed by atoms with Crippen molar-refractivity contribution >= 4 is 5.91 Å². The van der Waals surface area contributed by atoms with Gasteiger partial charge in [0.1, 0.15) is 0 Å². The summed E-state index contributed by atoms with van der Waals surface area (Å²) in [6.45, 7) is 3.98. The lowest BCUT2D eigenvalue weighted by Gasteiger charge is -2.24. The van der Waals surface area contributed by atoms with E-state index >= 15 is 0 Å². The molecule has 18 heavy (non-hydrogen) atoms. The number of furan rings is 1. The molecule has 100 valence electrons. The summed E-state index contributed by atoms with van der Waals surface area (Å²) in [4.78, 5) is 11.6. The monoisotopic (exact) mass is 251 g/mol. The highest BCUT2D eigenvalue weighted by molar-refractivity contribution is 5.91. The zero-order chi connectivity index (χ0) is 12.8. The highest BCUT2D eigenvalue weighted by atomic mass is 16.3. The third-order valence-electron chi connectivity index (χ3n) is 3.65. The second-order valence-corrected chi connectivity index (χ2v) is 5.29. The van der Waals surface area contributed by atoms with Gasteiger partial charge in [-0.15, -0.1) is 0 Å². The molecule has 2 atom stereocenters. The first kappa shape index (κ1) is 13.1. The quantitative estimate of drug-likeness (QED) is 0.771. The van der Waals surface area contributed by atoms with E-state index < -0.39 is 0 Å². The van der Waals surface area contributed by atoms with Gasteiger partial charge in [0.15, 0.2) is 5.76 Å². The van der Waals surface area contributed by atoms with E-state index in [0.29, 0.717) is 12.3 Å². The molecule has 1 aliphatic rings. The Kier molecular flexibility index (Phi) is 4.81. The number of carbonyl (C=O) groups excluding carboxylic acids is 1. The summed E-state index contributed by atoms with van der Waals surface area (Å²) in [7, 11) is 0. The maximum Gasteiger partial charge on any atom is 0.287 e. The number of carbonyl (C=O) groups is 1. The van der Waals surface area contributed by atoms with Crippen LogP contribution in [0.3, 0.4) is 0 Å². The van der Waals surface area contributed by atoms with Gasteiger partial charge < -0.3 is 15.1 Å². The van der Waals surface area contributed by atoms with E-state index in [1.165, 1.54) is 31.9 Å². The van der Waals surface area contributed by atoms with Crippen molar-refractivity contribution in [1.82, 2.24) is 5.32 Å². The van der Waals surface area contributed by atoms with Crippen molar-refractivity contribution in [3.63, 3.8) is 0 Å². The fourth-order valence-electron chi connectivity index (χ4n) is 2.69. The molecule has 2 rings (SSSR count). The van der Waals surface area contributed by atoms with Gasteiger partial charge in [0.2, 0.25) is 0 Å². The van der Waals surface area contributed by atoms with Crippen LogP contribution < -0.4 is 10.6 Å². The lowest BCUT2D eigenvalue weighted by atomic mass is 9.87. The Bertz CT molecular complexity index is 362. The zero-order valence-electron chi connectivity index (χ0n) is 11.0. The number of rotatable bonds is 5. The summed E-state index contributed by atoms with van der Waals surface area (Å²) in [5.74, 6) is 1.13. The Morgan fingerprint density at radius 3 is 3.17 bits per heavy atom. The molecule has 0 bridgehead atoms. The van der Waals surface area contributed by atoms with Crippen LogP contribution in [0.4, 0.5) is 0 Å². The van der Waals surface area contributed by atoms with Crippen LogP contribution in [0.1, 0.15) is 43.2 Å². The van der Waals surface area contributed by atoms with Gasteiger partial charge in [0.25, 0.3) is 5.91 Å². The first-order valence-electron chi connectivity index (χ1n) is 6.90. The minimum absolute atomic E-state index is 0.120. The van der Waals surface area contributed by atoms with Gasteiger partial charge in [-0.25, -0.2) is 0 Å². The van der Waals surface area contributed by atoms with E-state index in [0.717, 1.165) is 18.5 Å². The minimum Gasteiger partial charge on any atom is -0.459 e. The number of amides is 1. The maximum absolute atomic E-state index is 11.6. The van der Waals surface area contributed by atoms with Crippen molar-refractivity contribution in [2.75, 3.05) is 13.1 Å². The molecule has 1 aromatic heterocycles. The largest absolute Gasteiger partial charge is 0.459 e. The van der Waals surface area contributed by atoms with Crippen LogP contribution in [-0.4, -0.2) is 25.0 Å². The summed E-state index contributed by atoms with van der Waals surface area (Å²) in [5, 5.41) is 5.25. The number of hydrogen-bond acceptors (Lipinski definition) is 2. The summed E-state index contributed by atoms with van der Waals surface area (Å²) in [6.07, 6.45) is 6.87. The normalized spacial score (nSPS) is 23.8. The lowest BCUT2D eigenvalue weighted by molar-refractivity contribution is -0.690. The second-order valence-electron chi connectivity index (χ2n) is 5.29. The van der Waals surface area contributed by atoms with Crippen molar-refractivity contribution < 1.29 is 14.5 Å². The topological polar surface area (TPSA) is 58.9 Å². The van der Waals surface area contributed by atoms with Crippen molar-refractivity contribution in [2.24, 2.45) is 5.92 Å². The van der Waals surface area contributed by atoms with Crippen molar-refractivity contribution in [3.8, 4) is 0 Å². The Morgan fingerprint density at radius 1 is 1.56 bits per heavy atom. The van der Waals surface area contributed by atoms with Gasteiger partial charge in [0.05, 0.1) is 25.4 Å². The molecule has 0 aliphatic heterocycles. The van der Waals surface area contributed by atoms with Gasteiger partial charge >= 0.3 is 0 Å². The van der Waals surface area contributed by atoms with Gasteiger partial charge in [-0.3, -0.25) is 4.79 Å². The highest BCUT2D eigenvalue weighted by Crippen LogP contribution is 2.21. The van der Waals surface area contributed by atoms with Gasteiger partial charge in [-0.1, -0.05) is 13.3 Å². The average molecular weight is 251 g/mol. The third kappa shape index (κ3) is 3.88. The highest BCUT2D eigenvalue weighted by Gasteiger charge is 2.20. The van der Waals surface area contributed by atoms with Crippen LogP contribution >= 0.6 is 0 Å². The summed E-state index contributed by atoms with van der Waals surface area (Å²) >= 11 is 0. The molecule has 0 radical (unpaired) electrons. The molecule has 1 heterocycles. The van der Waals surface area contributed by atoms with E-state index in [4.69, 9.17) is 4.42 Å². The molecule has 3 N–H and O–H groups in total. The molecule has 4 heteroatoms. The van der Waals surface area contributed by atoms with Crippen molar-refractivity contribution in [2.45, 2.75) is 38.6 Å². The van der Waals surface area contributed by atoms with Crippen LogP contribution in [0, 0.1) is 5.92 Å². The maximum atomic E-state index is 11.6. The Labute approximate surface area is 108 Å². The number of hydrogen-bond donors (Lipinski definition) is 2. The molecule has 0 spiro atoms. The SMILES string of the molecule is C[C@@H]1CCC[C@@H]([NH2+]CCNC(=O)c2ccco2)C1. The molecule has 0 aromatic carbocycles. The van der Waals surface area contributed by atoms with Crippen LogP contribution in [0.15, 0.2) is 22.8 Å². The second kappa shape index (κ2) is 6.59. The first-order chi connectivity index (χ1) is 8.75. The van der Waals surface area contributed by atoms with Gasteiger partial charge in [0, 0.05) is 6.42 Å². The molecule has 1 aromatic rings. The molecule has 1 fully saturated rings. The Balaban J connectivity index is 1.60. The molecule has 1 amide bonds. The molecule has 0 unspecified atom stereocenters. The fourth-order valence-corrected chi connectivity index (χ4v) is 2.69. The van der Waals surface area contributed by atoms with Gasteiger partial charge in [-0.2, -0.15) is 0 Å². The predicted molar refractivity (Wildman–Crippen MR) is 69.3 cm³/mol. The first-order valence-corrected chi connectivity index (χ1v) is 6.90. The fraction of sp³-hybridized carbons (Fsp3) is 0.643. The lowest BCUT2D eigenvalue weighted by Crippen LogP contribution is -2.91. The van der Waals surface area contributed by atoms with E-state index in [1.807, 2.05) is 0 Å². The standard InChI is InChI=1S/C14H22N2O2/c1-11-4-2-5-12(10-11)15-7-8-16-14(17)13-6-3-9-18-13/h3,6,9,11-12,15H,2,4-5,7-8,10H2,1H3,(H,16,17)/p+1/t11-,12-/m1/s1. The van der Waals surface area contributed by atoms with Crippen LogP contribution in [0.5, 0.6) is 0 Å². The molecular formula is C14H23N2O2+. The van der Waals surface area contributed by atoms with Crippen LogP contribution in [0.25, 0.3) is 0 Å². The molecule has 1 aliphatic carbocycles. The third-order valence-corrected chi connectivity index (χ3v) is 3.65. The summed E-state index contributed by atoms with van der Waals surface area (Å²) in [5.41, 5.74) is 0. The number of nitrogens with two attached hydrogens (primary N) is 1. The number of quaternary nitrogens is 1. The molecule has 4 nitrogen and oxygen atoms in total. The molecule has 0 saturated heterocycles. The predicted octanol–water partition coefficient (Wildman–Crippen LogP) is 1.15. The molecule has 1 saturated carbocycles. The van der Waals surface area contributed by atoms with Crippen LogP contribution in [-0.2, 0) is 0 Å². The van der Waals surface area contributed by atoms with Crippen molar-refractivity contribution in [1.29, 1.82) is 0 Å². The van der Waals surface area contributed by atoms with Crippen LogP contribution in [0.2, 0.25) is 0 Å². The molecular weight excluding hydrogens is 228 g/mol. The van der Waals surface area contributed by atoms with E-state index in [2.05, 4.69) is 17.6 Å². The Hall–Kier alpha value is -1.29. The summed E-state index contributed by atoms with van der Waals surface area (Å²) < 4.78 is 5.03. The van der Waals surface area contributed by atoms with Gasteiger partial charge in [-0.05, 0) is 30.9 Å². The Morgan fingerprint density at radius 2 is 2.44 bits per heavy atom. The van der Waals surface area contributed by atoms with Crippen molar-refractivity contribution in [3.05, 3.63) is 24.2 Å². The number of nitrogens with one attached hydrogen (secondary N) is 1. The zero-order valence-corrected chi connectivity index (χ0v) is 11.0. The summed E-state index contributed by atoms with van der Waals surface area (Å²) in [6, 6.07) is 4.15. The van der Waals surface area contributed by atoms with E-state index in [1.54, 1.807) is 12.1 Å². The van der Waals surface area contributed by atoms with E-state index in [9.17, 15) is 4.79 Å². The van der Waals surface area contributed by atoms with E-state index in [-0.39, 0.29) is 5.91 Å².